The van der Waals surface area contributed by atoms with E-state index in [4.69, 9.17) is 0 Å². The SMILES string of the molecule is CN1CCCC1C1CCCN1C(=O)c1cn[nH]c1-c1ccccc1. The highest BCUT2D eigenvalue weighted by Gasteiger charge is 2.39. The summed E-state index contributed by atoms with van der Waals surface area (Å²) in [7, 11) is 2.19. The maximum atomic E-state index is 13.2. The van der Waals surface area contributed by atoms with Crippen LogP contribution in [-0.2, 0) is 0 Å². The van der Waals surface area contributed by atoms with Crippen molar-refractivity contribution in [3.8, 4) is 11.3 Å². The van der Waals surface area contributed by atoms with Crippen LogP contribution in [0.4, 0.5) is 0 Å². The summed E-state index contributed by atoms with van der Waals surface area (Å²) in [6.07, 6.45) is 6.32. The molecule has 2 unspecified atom stereocenters. The van der Waals surface area contributed by atoms with Gasteiger partial charge in [0, 0.05) is 24.2 Å². The molecule has 0 radical (unpaired) electrons. The Kier molecular flexibility index (Phi) is 4.10. The van der Waals surface area contributed by atoms with Crippen LogP contribution in [0.25, 0.3) is 11.3 Å². The first-order valence-electron chi connectivity index (χ1n) is 8.85. The lowest BCUT2D eigenvalue weighted by molar-refractivity contribution is 0.0665. The number of hydrogen-bond acceptors (Lipinski definition) is 3. The normalized spacial score (nSPS) is 24.6. The lowest BCUT2D eigenvalue weighted by Gasteiger charge is -2.33. The second kappa shape index (κ2) is 6.40. The third-order valence-corrected chi connectivity index (χ3v) is 5.51. The Labute approximate surface area is 142 Å². The molecule has 3 heterocycles. The molecule has 1 aromatic carbocycles. The first kappa shape index (κ1) is 15.4. The monoisotopic (exact) mass is 324 g/mol. The molecule has 0 spiro atoms. The lowest BCUT2D eigenvalue weighted by atomic mass is 10.0. The fraction of sp³-hybridized carbons (Fsp3) is 0.474. The summed E-state index contributed by atoms with van der Waals surface area (Å²) in [5.41, 5.74) is 2.52. The number of likely N-dealkylation sites (N-methyl/N-ethyl adjacent to an activating group) is 1. The van der Waals surface area contributed by atoms with Crippen LogP contribution in [0.2, 0.25) is 0 Å². The zero-order chi connectivity index (χ0) is 16.5. The van der Waals surface area contributed by atoms with Crippen molar-refractivity contribution in [1.82, 2.24) is 20.0 Å². The van der Waals surface area contributed by atoms with Crippen LogP contribution in [0.5, 0.6) is 0 Å². The van der Waals surface area contributed by atoms with Crippen molar-refractivity contribution in [2.75, 3.05) is 20.1 Å². The van der Waals surface area contributed by atoms with Crippen molar-refractivity contribution in [2.24, 2.45) is 0 Å². The number of amides is 1. The van der Waals surface area contributed by atoms with Crippen LogP contribution < -0.4 is 0 Å². The molecule has 0 aliphatic carbocycles. The van der Waals surface area contributed by atoms with Crippen LogP contribution in [0.3, 0.4) is 0 Å². The van der Waals surface area contributed by atoms with Crippen molar-refractivity contribution in [1.29, 1.82) is 0 Å². The highest BCUT2D eigenvalue weighted by molar-refractivity contribution is 6.00. The van der Waals surface area contributed by atoms with E-state index in [1.54, 1.807) is 6.20 Å². The van der Waals surface area contributed by atoms with Gasteiger partial charge in [0.05, 0.1) is 17.5 Å². The predicted molar refractivity (Wildman–Crippen MR) is 93.7 cm³/mol. The van der Waals surface area contributed by atoms with Crippen LogP contribution in [0.15, 0.2) is 36.5 Å². The highest BCUT2D eigenvalue weighted by Crippen LogP contribution is 2.31. The summed E-state index contributed by atoms with van der Waals surface area (Å²) in [4.78, 5) is 17.7. The number of carbonyl (C=O) groups excluding carboxylic acids is 1. The molecule has 2 aliphatic heterocycles. The third-order valence-electron chi connectivity index (χ3n) is 5.51. The standard InChI is InChI=1S/C19H24N4O/c1-22-11-5-9-16(22)17-10-6-12-23(17)19(24)15-13-20-21-18(15)14-7-3-2-4-8-14/h2-4,7-8,13,16-17H,5-6,9-12H2,1H3,(H,20,21). The van der Waals surface area contributed by atoms with Gasteiger partial charge in [-0.05, 0) is 39.3 Å². The quantitative estimate of drug-likeness (QED) is 0.944. The zero-order valence-electron chi connectivity index (χ0n) is 14.1. The van der Waals surface area contributed by atoms with Crippen molar-refractivity contribution in [3.05, 3.63) is 42.1 Å². The van der Waals surface area contributed by atoms with E-state index in [1.807, 2.05) is 30.3 Å². The van der Waals surface area contributed by atoms with Crippen molar-refractivity contribution in [3.63, 3.8) is 0 Å². The first-order chi connectivity index (χ1) is 11.8. The van der Waals surface area contributed by atoms with E-state index in [-0.39, 0.29) is 5.91 Å². The van der Waals surface area contributed by atoms with E-state index in [0.29, 0.717) is 17.6 Å². The van der Waals surface area contributed by atoms with Gasteiger partial charge in [0.15, 0.2) is 0 Å². The molecule has 126 valence electrons. The molecule has 1 aromatic heterocycles. The summed E-state index contributed by atoms with van der Waals surface area (Å²) >= 11 is 0. The van der Waals surface area contributed by atoms with Gasteiger partial charge in [-0.15, -0.1) is 0 Å². The van der Waals surface area contributed by atoms with Crippen LogP contribution in [-0.4, -0.2) is 58.1 Å². The minimum atomic E-state index is 0.116. The van der Waals surface area contributed by atoms with Crippen LogP contribution in [0.1, 0.15) is 36.0 Å². The molecule has 2 fully saturated rings. The molecule has 0 saturated carbocycles. The average Bonchev–Trinajstić information content (AvgIpc) is 3.34. The van der Waals surface area contributed by atoms with E-state index < -0.39 is 0 Å². The number of benzene rings is 1. The number of likely N-dealkylation sites (tertiary alicyclic amines) is 2. The minimum Gasteiger partial charge on any atom is -0.334 e. The molecule has 24 heavy (non-hydrogen) atoms. The van der Waals surface area contributed by atoms with Gasteiger partial charge in [-0.25, -0.2) is 0 Å². The summed E-state index contributed by atoms with van der Waals surface area (Å²) in [6, 6.07) is 10.8. The maximum Gasteiger partial charge on any atom is 0.257 e. The highest BCUT2D eigenvalue weighted by atomic mass is 16.2. The topological polar surface area (TPSA) is 52.2 Å². The predicted octanol–water partition coefficient (Wildman–Crippen LogP) is 2.78. The summed E-state index contributed by atoms with van der Waals surface area (Å²) in [5, 5.41) is 7.16. The largest absolute Gasteiger partial charge is 0.334 e. The average molecular weight is 324 g/mol. The van der Waals surface area contributed by atoms with Gasteiger partial charge < -0.3 is 9.80 Å². The number of H-pyrrole nitrogens is 1. The van der Waals surface area contributed by atoms with Gasteiger partial charge in [0.25, 0.3) is 5.91 Å². The molecule has 5 nitrogen and oxygen atoms in total. The number of rotatable bonds is 3. The number of aromatic amines is 1. The number of hydrogen-bond donors (Lipinski definition) is 1. The maximum absolute atomic E-state index is 13.2. The Morgan fingerprint density at radius 1 is 1.12 bits per heavy atom. The van der Waals surface area contributed by atoms with E-state index in [0.717, 1.165) is 37.2 Å². The summed E-state index contributed by atoms with van der Waals surface area (Å²) in [6.45, 7) is 2.00. The fourth-order valence-corrected chi connectivity index (χ4v) is 4.29. The number of nitrogens with zero attached hydrogens (tertiary/aromatic N) is 3. The molecular formula is C19H24N4O. The van der Waals surface area contributed by atoms with E-state index in [1.165, 1.54) is 12.8 Å². The number of carbonyl (C=O) groups is 1. The van der Waals surface area contributed by atoms with Gasteiger partial charge in [0.2, 0.25) is 0 Å². The second-order valence-electron chi connectivity index (χ2n) is 6.92. The fourth-order valence-electron chi connectivity index (χ4n) is 4.29. The molecule has 2 atom stereocenters. The van der Waals surface area contributed by atoms with Crippen molar-refractivity contribution >= 4 is 5.91 Å². The molecule has 0 bridgehead atoms. The molecule has 1 amide bonds. The molecule has 2 saturated heterocycles. The Hall–Kier alpha value is -2.14. The minimum absolute atomic E-state index is 0.116. The van der Waals surface area contributed by atoms with Gasteiger partial charge in [-0.2, -0.15) is 5.10 Å². The third kappa shape index (κ3) is 2.63. The molecule has 5 heteroatoms. The first-order valence-corrected chi connectivity index (χ1v) is 8.85. The number of nitrogens with one attached hydrogen (secondary N) is 1. The van der Waals surface area contributed by atoms with Crippen molar-refractivity contribution in [2.45, 2.75) is 37.8 Å². The van der Waals surface area contributed by atoms with E-state index >= 15 is 0 Å². The molecule has 2 aliphatic rings. The van der Waals surface area contributed by atoms with Crippen LogP contribution >= 0.6 is 0 Å². The smallest absolute Gasteiger partial charge is 0.257 e. The Morgan fingerprint density at radius 2 is 1.88 bits per heavy atom. The van der Waals surface area contributed by atoms with Gasteiger partial charge >= 0.3 is 0 Å². The Balaban J connectivity index is 1.61. The summed E-state index contributed by atoms with van der Waals surface area (Å²) < 4.78 is 0. The summed E-state index contributed by atoms with van der Waals surface area (Å²) in [5.74, 6) is 0.116. The van der Waals surface area contributed by atoms with Gasteiger partial charge in [0.1, 0.15) is 0 Å². The van der Waals surface area contributed by atoms with Gasteiger partial charge in [-0.3, -0.25) is 9.89 Å². The van der Waals surface area contributed by atoms with Crippen molar-refractivity contribution < 1.29 is 4.79 Å². The van der Waals surface area contributed by atoms with E-state index in [9.17, 15) is 4.79 Å². The Bertz CT molecular complexity index is 711. The van der Waals surface area contributed by atoms with E-state index in [2.05, 4.69) is 27.0 Å². The molecule has 1 N–H and O–H groups in total. The molecular weight excluding hydrogens is 300 g/mol. The molecule has 2 aromatic rings. The van der Waals surface area contributed by atoms with Gasteiger partial charge in [-0.1, -0.05) is 30.3 Å². The Morgan fingerprint density at radius 3 is 2.62 bits per heavy atom. The zero-order valence-corrected chi connectivity index (χ0v) is 14.1. The van der Waals surface area contributed by atoms with Crippen LogP contribution in [0, 0.1) is 0 Å². The molecule has 4 rings (SSSR count). The lowest BCUT2D eigenvalue weighted by Crippen LogP contribution is -2.47. The second-order valence-corrected chi connectivity index (χ2v) is 6.92. The number of aromatic nitrogens is 2.